The number of amides is 1. The molecule has 0 radical (unpaired) electrons. The van der Waals surface area contributed by atoms with E-state index in [0.29, 0.717) is 6.04 Å². The van der Waals surface area contributed by atoms with Crippen LogP contribution in [0.5, 0.6) is 0 Å². The molecule has 1 aliphatic carbocycles. The molecule has 23 heavy (non-hydrogen) atoms. The number of anilines is 1. The molecule has 5 nitrogen and oxygen atoms in total. The monoisotopic (exact) mass is 348 g/mol. The summed E-state index contributed by atoms with van der Waals surface area (Å²) in [5.74, 6) is 0.0574. The molecule has 1 saturated carbocycles. The summed E-state index contributed by atoms with van der Waals surface area (Å²) >= 11 is 2.96. The summed E-state index contributed by atoms with van der Waals surface area (Å²) in [6.07, 6.45) is 3.21. The quantitative estimate of drug-likeness (QED) is 0.715. The summed E-state index contributed by atoms with van der Waals surface area (Å²) in [6.45, 7) is 2.99. The Bertz CT molecular complexity index is 643. The van der Waals surface area contributed by atoms with Crippen LogP contribution in [0.25, 0.3) is 0 Å². The molecule has 0 unspecified atom stereocenters. The molecule has 1 aromatic carbocycles. The largest absolute Gasteiger partial charge is 0.360 e. The van der Waals surface area contributed by atoms with Crippen molar-refractivity contribution in [1.82, 2.24) is 15.5 Å². The lowest BCUT2D eigenvalue weighted by atomic mass is 10.1. The second-order valence-corrected chi connectivity index (χ2v) is 7.82. The minimum atomic E-state index is -0.288. The van der Waals surface area contributed by atoms with Gasteiger partial charge in [0.1, 0.15) is 5.25 Å². The minimum Gasteiger partial charge on any atom is -0.360 e. The Morgan fingerprint density at radius 3 is 2.83 bits per heavy atom. The molecule has 1 amide bonds. The Balaban J connectivity index is 1.72. The zero-order valence-electron chi connectivity index (χ0n) is 13.0. The molecule has 1 aliphatic rings. The maximum atomic E-state index is 12.6. The third-order valence-electron chi connectivity index (χ3n) is 3.42. The molecule has 2 N–H and O–H groups in total. The van der Waals surface area contributed by atoms with Crippen LogP contribution in [0.1, 0.15) is 37.0 Å². The summed E-state index contributed by atoms with van der Waals surface area (Å²) in [5, 5.41) is 15.2. The number of carbonyl (C=O) groups excluding carboxylic acids is 1. The number of hydrogen-bond donors (Lipinski definition) is 2. The third kappa shape index (κ3) is 4.68. The smallest absolute Gasteiger partial charge is 0.238 e. The van der Waals surface area contributed by atoms with Crippen LogP contribution in [-0.4, -0.2) is 28.7 Å². The van der Waals surface area contributed by atoms with Crippen molar-refractivity contribution in [2.45, 2.75) is 41.8 Å². The first-order valence-electron chi connectivity index (χ1n) is 7.85. The first-order valence-corrected chi connectivity index (χ1v) is 9.55. The van der Waals surface area contributed by atoms with Crippen LogP contribution in [0.4, 0.5) is 5.13 Å². The van der Waals surface area contributed by atoms with E-state index in [1.165, 1.54) is 23.1 Å². The second-order valence-electron chi connectivity index (χ2n) is 5.49. The van der Waals surface area contributed by atoms with Gasteiger partial charge in [0.15, 0.2) is 4.34 Å². The van der Waals surface area contributed by atoms with Gasteiger partial charge >= 0.3 is 0 Å². The van der Waals surface area contributed by atoms with Crippen LogP contribution in [0.3, 0.4) is 0 Å². The molecule has 0 aliphatic heterocycles. The lowest BCUT2D eigenvalue weighted by Crippen LogP contribution is -2.29. The van der Waals surface area contributed by atoms with Crippen LogP contribution in [-0.2, 0) is 4.79 Å². The Morgan fingerprint density at radius 1 is 1.35 bits per heavy atom. The van der Waals surface area contributed by atoms with Gasteiger partial charge in [-0.15, -0.1) is 10.2 Å². The molecule has 0 spiro atoms. The van der Waals surface area contributed by atoms with Gasteiger partial charge in [0, 0.05) is 12.6 Å². The second kappa shape index (κ2) is 7.79. The highest BCUT2D eigenvalue weighted by Gasteiger charge is 2.29. The van der Waals surface area contributed by atoms with Crippen molar-refractivity contribution in [3.63, 3.8) is 0 Å². The first kappa shape index (κ1) is 16.3. The summed E-state index contributed by atoms with van der Waals surface area (Å²) in [4.78, 5) is 12.6. The van der Waals surface area contributed by atoms with E-state index in [1.807, 2.05) is 30.3 Å². The van der Waals surface area contributed by atoms with Crippen molar-refractivity contribution >= 4 is 34.1 Å². The maximum absolute atomic E-state index is 12.6. The average molecular weight is 348 g/mol. The molecule has 0 bridgehead atoms. The third-order valence-corrected chi connectivity index (χ3v) is 5.64. The summed E-state index contributed by atoms with van der Waals surface area (Å²) < 4.78 is 0.809. The molecule has 122 valence electrons. The van der Waals surface area contributed by atoms with E-state index in [1.54, 1.807) is 0 Å². The molecular formula is C16H20N4OS2. The van der Waals surface area contributed by atoms with E-state index in [0.717, 1.165) is 40.8 Å². The SMILES string of the molecule is CCCNc1nnc(S[C@H](C(=O)NC2CC2)c2ccccc2)s1. The molecule has 2 aromatic rings. The predicted molar refractivity (Wildman–Crippen MR) is 94.9 cm³/mol. The molecule has 1 atom stereocenters. The Hall–Kier alpha value is -1.60. The Morgan fingerprint density at radius 2 is 2.13 bits per heavy atom. The van der Waals surface area contributed by atoms with E-state index >= 15 is 0 Å². The van der Waals surface area contributed by atoms with Crippen LogP contribution in [0.2, 0.25) is 0 Å². The van der Waals surface area contributed by atoms with E-state index in [4.69, 9.17) is 0 Å². The fourth-order valence-corrected chi connectivity index (χ4v) is 4.05. The molecule has 1 aromatic heterocycles. The first-order chi connectivity index (χ1) is 11.3. The van der Waals surface area contributed by atoms with Gasteiger partial charge in [0.2, 0.25) is 11.0 Å². The summed E-state index contributed by atoms with van der Waals surface area (Å²) in [7, 11) is 0. The standard InChI is InChI=1S/C16H20N4OS2/c1-2-10-17-15-19-20-16(23-15)22-13(11-6-4-3-5-7-11)14(21)18-12-8-9-12/h3-7,12-13H,2,8-10H2,1H3,(H,17,19)(H,18,21)/t13-/m0/s1. The van der Waals surface area contributed by atoms with Crippen molar-refractivity contribution < 1.29 is 4.79 Å². The minimum absolute atomic E-state index is 0.0574. The molecule has 1 fully saturated rings. The maximum Gasteiger partial charge on any atom is 0.238 e. The van der Waals surface area contributed by atoms with Gasteiger partial charge in [-0.25, -0.2) is 0 Å². The molecule has 7 heteroatoms. The van der Waals surface area contributed by atoms with Crippen LogP contribution < -0.4 is 10.6 Å². The number of aromatic nitrogens is 2. The topological polar surface area (TPSA) is 66.9 Å². The van der Waals surface area contributed by atoms with Gasteiger partial charge in [-0.1, -0.05) is 60.4 Å². The number of nitrogens with one attached hydrogen (secondary N) is 2. The zero-order chi connectivity index (χ0) is 16.1. The number of benzene rings is 1. The summed E-state index contributed by atoms with van der Waals surface area (Å²) in [6, 6.07) is 10.2. The number of thioether (sulfide) groups is 1. The van der Waals surface area contributed by atoms with Crippen LogP contribution >= 0.6 is 23.1 Å². The average Bonchev–Trinajstić information content (AvgIpc) is 3.27. The van der Waals surface area contributed by atoms with Crippen molar-refractivity contribution in [2.75, 3.05) is 11.9 Å². The van der Waals surface area contributed by atoms with E-state index in [2.05, 4.69) is 27.8 Å². The number of nitrogens with zero attached hydrogens (tertiary/aromatic N) is 2. The normalized spacial score (nSPS) is 15.2. The molecule has 3 rings (SSSR count). The lowest BCUT2D eigenvalue weighted by molar-refractivity contribution is -0.120. The van der Waals surface area contributed by atoms with E-state index in [-0.39, 0.29) is 11.2 Å². The highest BCUT2D eigenvalue weighted by Crippen LogP contribution is 2.38. The fourth-order valence-electron chi connectivity index (χ4n) is 2.07. The number of rotatable bonds is 8. The Kier molecular flexibility index (Phi) is 5.51. The van der Waals surface area contributed by atoms with Crippen molar-refractivity contribution in [2.24, 2.45) is 0 Å². The van der Waals surface area contributed by atoms with Crippen LogP contribution in [0, 0.1) is 0 Å². The Labute approximate surface area is 144 Å². The van der Waals surface area contributed by atoms with Crippen LogP contribution in [0.15, 0.2) is 34.7 Å². The van der Waals surface area contributed by atoms with E-state index in [9.17, 15) is 4.79 Å². The number of hydrogen-bond acceptors (Lipinski definition) is 6. The molecule has 0 saturated heterocycles. The highest BCUT2D eigenvalue weighted by molar-refractivity contribution is 8.01. The van der Waals surface area contributed by atoms with Gasteiger partial charge in [-0.3, -0.25) is 4.79 Å². The summed E-state index contributed by atoms with van der Waals surface area (Å²) in [5.41, 5.74) is 0.994. The highest BCUT2D eigenvalue weighted by atomic mass is 32.2. The van der Waals surface area contributed by atoms with E-state index < -0.39 is 0 Å². The molecule has 1 heterocycles. The molecular weight excluding hydrogens is 328 g/mol. The predicted octanol–water partition coefficient (Wildman–Crippen LogP) is 3.47. The van der Waals surface area contributed by atoms with Crippen molar-refractivity contribution in [3.05, 3.63) is 35.9 Å². The van der Waals surface area contributed by atoms with Gasteiger partial charge in [0.05, 0.1) is 0 Å². The van der Waals surface area contributed by atoms with Gasteiger partial charge in [-0.2, -0.15) is 0 Å². The van der Waals surface area contributed by atoms with Gasteiger partial charge < -0.3 is 10.6 Å². The number of carbonyl (C=O) groups is 1. The van der Waals surface area contributed by atoms with Crippen molar-refractivity contribution in [1.29, 1.82) is 0 Å². The van der Waals surface area contributed by atoms with Gasteiger partial charge in [-0.05, 0) is 24.8 Å². The lowest BCUT2D eigenvalue weighted by Gasteiger charge is -2.15. The fraction of sp³-hybridized carbons (Fsp3) is 0.438. The van der Waals surface area contributed by atoms with Gasteiger partial charge in [0.25, 0.3) is 0 Å². The zero-order valence-corrected chi connectivity index (χ0v) is 14.6. The van der Waals surface area contributed by atoms with Crippen molar-refractivity contribution in [3.8, 4) is 0 Å².